The Kier molecular flexibility index (Phi) is 2.64. The van der Waals surface area contributed by atoms with Crippen LogP contribution >= 0.6 is 11.5 Å². The highest BCUT2D eigenvalue weighted by molar-refractivity contribution is 7.06. The van der Waals surface area contributed by atoms with Crippen molar-refractivity contribution >= 4 is 11.5 Å². The largest absolute Gasteiger partial charge is 0.200 e. The van der Waals surface area contributed by atoms with Crippen LogP contribution in [0.5, 0.6) is 0 Å². The zero-order valence-corrected chi connectivity index (χ0v) is 9.21. The summed E-state index contributed by atoms with van der Waals surface area (Å²) in [6, 6.07) is 10.4. The molecule has 14 heavy (non-hydrogen) atoms. The lowest BCUT2D eigenvalue weighted by molar-refractivity contribution is 0.891. The van der Waals surface area contributed by atoms with E-state index in [-0.39, 0.29) is 0 Å². The van der Waals surface area contributed by atoms with Gasteiger partial charge in [-0.25, -0.2) is 4.37 Å². The van der Waals surface area contributed by atoms with Crippen LogP contribution in [0, 0.1) is 0 Å². The van der Waals surface area contributed by atoms with Crippen molar-refractivity contribution in [2.45, 2.75) is 19.8 Å². The zero-order chi connectivity index (χ0) is 9.97. The van der Waals surface area contributed by atoms with Crippen LogP contribution < -0.4 is 0 Å². The summed E-state index contributed by atoms with van der Waals surface area (Å²) in [6.45, 7) is 4.42. The Labute approximate surface area is 88.6 Å². The fourth-order valence-corrected chi connectivity index (χ4v) is 2.25. The molecule has 0 aliphatic rings. The third-order valence-electron chi connectivity index (χ3n) is 2.21. The Morgan fingerprint density at radius 1 is 1.14 bits per heavy atom. The summed E-state index contributed by atoms with van der Waals surface area (Å²) in [6.07, 6.45) is 1.97. The third-order valence-corrected chi connectivity index (χ3v) is 3.31. The predicted molar refractivity (Wildman–Crippen MR) is 61.6 cm³/mol. The molecule has 0 radical (unpaired) electrons. The quantitative estimate of drug-likeness (QED) is 0.720. The topological polar surface area (TPSA) is 12.9 Å². The summed E-state index contributed by atoms with van der Waals surface area (Å²) in [5.41, 5.74) is 2.55. The molecule has 1 aromatic heterocycles. The fourth-order valence-electron chi connectivity index (χ4n) is 1.50. The van der Waals surface area contributed by atoms with E-state index in [4.69, 9.17) is 0 Å². The lowest BCUT2D eigenvalue weighted by atomic mass is 10.0. The Morgan fingerprint density at radius 3 is 2.50 bits per heavy atom. The van der Waals surface area contributed by atoms with Crippen molar-refractivity contribution in [1.82, 2.24) is 4.37 Å². The average Bonchev–Trinajstić information content (AvgIpc) is 2.67. The van der Waals surface area contributed by atoms with E-state index in [1.54, 1.807) is 11.5 Å². The maximum atomic E-state index is 4.26. The number of hydrogen-bond donors (Lipinski definition) is 0. The van der Waals surface area contributed by atoms with Crippen molar-refractivity contribution in [3.8, 4) is 11.1 Å². The first-order chi connectivity index (χ1) is 6.79. The summed E-state index contributed by atoms with van der Waals surface area (Å²) >= 11 is 1.60. The molecule has 0 amide bonds. The Morgan fingerprint density at radius 2 is 1.86 bits per heavy atom. The summed E-state index contributed by atoms with van der Waals surface area (Å²) in [5, 5.41) is 0. The minimum Gasteiger partial charge on any atom is -0.200 e. The Bertz CT molecular complexity index is 403. The van der Waals surface area contributed by atoms with E-state index in [2.05, 4.69) is 42.5 Å². The molecule has 2 heteroatoms. The number of rotatable bonds is 2. The molecule has 0 bridgehead atoms. The maximum Gasteiger partial charge on any atom is 0.0488 e. The molecule has 0 saturated carbocycles. The van der Waals surface area contributed by atoms with Crippen molar-refractivity contribution < 1.29 is 0 Å². The second-order valence-electron chi connectivity index (χ2n) is 3.62. The minimum atomic E-state index is 0.553. The van der Waals surface area contributed by atoms with Crippen LogP contribution in [0.1, 0.15) is 24.6 Å². The van der Waals surface area contributed by atoms with Gasteiger partial charge in [0, 0.05) is 16.6 Å². The first-order valence-corrected chi connectivity index (χ1v) is 5.56. The van der Waals surface area contributed by atoms with Crippen LogP contribution in [0.25, 0.3) is 11.1 Å². The van der Waals surface area contributed by atoms with Gasteiger partial charge in [0.05, 0.1) is 0 Å². The second-order valence-corrected chi connectivity index (χ2v) is 4.46. The monoisotopic (exact) mass is 203 g/mol. The van der Waals surface area contributed by atoms with Crippen LogP contribution in [-0.4, -0.2) is 4.37 Å². The molecule has 1 heterocycles. The molecule has 0 fully saturated rings. The van der Waals surface area contributed by atoms with Gasteiger partial charge >= 0.3 is 0 Å². The smallest absolute Gasteiger partial charge is 0.0488 e. The summed E-state index contributed by atoms with van der Waals surface area (Å²) in [4.78, 5) is 1.37. The molecular weight excluding hydrogens is 190 g/mol. The van der Waals surface area contributed by atoms with Gasteiger partial charge < -0.3 is 0 Å². The molecule has 1 aromatic carbocycles. The Hall–Kier alpha value is -1.15. The molecule has 0 N–H and O–H groups in total. The SMILES string of the molecule is CC(C)c1sncc1-c1ccccc1. The highest BCUT2D eigenvalue weighted by atomic mass is 32.1. The normalized spacial score (nSPS) is 10.8. The first kappa shape index (κ1) is 9.41. The number of benzene rings is 1. The maximum absolute atomic E-state index is 4.26. The Balaban J connectivity index is 2.47. The average molecular weight is 203 g/mol. The van der Waals surface area contributed by atoms with Gasteiger partial charge in [-0.15, -0.1) is 0 Å². The van der Waals surface area contributed by atoms with Gasteiger partial charge in [0.15, 0.2) is 0 Å². The molecule has 0 aliphatic carbocycles. The van der Waals surface area contributed by atoms with E-state index < -0.39 is 0 Å². The van der Waals surface area contributed by atoms with Gasteiger partial charge in [0.1, 0.15) is 0 Å². The van der Waals surface area contributed by atoms with E-state index >= 15 is 0 Å². The molecule has 0 spiro atoms. The minimum absolute atomic E-state index is 0.553. The van der Waals surface area contributed by atoms with E-state index in [1.807, 2.05) is 12.3 Å². The number of aromatic nitrogens is 1. The van der Waals surface area contributed by atoms with Crippen LogP contribution in [0.3, 0.4) is 0 Å². The number of nitrogens with zero attached hydrogens (tertiary/aromatic N) is 1. The number of hydrogen-bond acceptors (Lipinski definition) is 2. The molecule has 1 nitrogen and oxygen atoms in total. The van der Waals surface area contributed by atoms with Crippen molar-refractivity contribution in [3.05, 3.63) is 41.4 Å². The third kappa shape index (κ3) is 1.70. The van der Waals surface area contributed by atoms with Gasteiger partial charge in [-0.05, 0) is 23.0 Å². The van der Waals surface area contributed by atoms with Crippen LogP contribution in [0.2, 0.25) is 0 Å². The van der Waals surface area contributed by atoms with Crippen molar-refractivity contribution in [3.63, 3.8) is 0 Å². The highest BCUT2D eigenvalue weighted by Gasteiger charge is 2.10. The molecule has 0 aliphatic heterocycles. The summed E-state index contributed by atoms with van der Waals surface area (Å²) in [5.74, 6) is 0.553. The van der Waals surface area contributed by atoms with Gasteiger partial charge in [-0.1, -0.05) is 44.2 Å². The molecule has 0 unspecified atom stereocenters. The molecule has 72 valence electrons. The summed E-state index contributed by atoms with van der Waals surface area (Å²) in [7, 11) is 0. The van der Waals surface area contributed by atoms with Gasteiger partial charge in [-0.2, -0.15) is 0 Å². The van der Waals surface area contributed by atoms with Crippen LogP contribution in [0.4, 0.5) is 0 Å². The highest BCUT2D eigenvalue weighted by Crippen LogP contribution is 2.31. The van der Waals surface area contributed by atoms with Gasteiger partial charge in [0.2, 0.25) is 0 Å². The van der Waals surface area contributed by atoms with Crippen molar-refractivity contribution in [2.24, 2.45) is 0 Å². The van der Waals surface area contributed by atoms with E-state index in [0.717, 1.165) is 0 Å². The van der Waals surface area contributed by atoms with Crippen LogP contribution in [-0.2, 0) is 0 Å². The van der Waals surface area contributed by atoms with Gasteiger partial charge in [0.25, 0.3) is 0 Å². The van der Waals surface area contributed by atoms with Crippen molar-refractivity contribution in [2.75, 3.05) is 0 Å². The lowest BCUT2D eigenvalue weighted by Gasteiger charge is -2.04. The van der Waals surface area contributed by atoms with E-state index in [0.29, 0.717) is 5.92 Å². The van der Waals surface area contributed by atoms with E-state index in [9.17, 15) is 0 Å². The predicted octanol–water partition coefficient (Wildman–Crippen LogP) is 3.93. The molecule has 0 saturated heterocycles. The molecule has 0 atom stereocenters. The molecule has 2 rings (SSSR count). The van der Waals surface area contributed by atoms with Crippen molar-refractivity contribution in [1.29, 1.82) is 0 Å². The zero-order valence-electron chi connectivity index (χ0n) is 8.40. The standard InChI is InChI=1S/C12H13NS/c1-9(2)12-11(8-13-14-12)10-6-4-3-5-7-10/h3-9H,1-2H3. The van der Waals surface area contributed by atoms with Crippen LogP contribution in [0.15, 0.2) is 36.5 Å². The van der Waals surface area contributed by atoms with Gasteiger partial charge in [-0.3, -0.25) is 0 Å². The lowest BCUT2D eigenvalue weighted by Crippen LogP contribution is -1.85. The first-order valence-electron chi connectivity index (χ1n) is 4.79. The molecular formula is C12H13NS. The fraction of sp³-hybridized carbons (Fsp3) is 0.250. The van der Waals surface area contributed by atoms with E-state index in [1.165, 1.54) is 16.0 Å². The molecule has 2 aromatic rings. The second kappa shape index (κ2) is 3.93. The summed E-state index contributed by atoms with van der Waals surface area (Å²) < 4.78 is 4.26.